The lowest BCUT2D eigenvalue weighted by atomic mass is 10.2. The zero-order chi connectivity index (χ0) is 13.5. The summed E-state index contributed by atoms with van der Waals surface area (Å²) in [5, 5.41) is 5.34. The van der Waals surface area contributed by atoms with E-state index in [1.807, 2.05) is 0 Å². The van der Waals surface area contributed by atoms with Crippen LogP contribution in [0.5, 0.6) is 0 Å². The number of anilines is 1. The predicted molar refractivity (Wildman–Crippen MR) is 70.3 cm³/mol. The molecule has 0 aliphatic carbocycles. The van der Waals surface area contributed by atoms with Crippen molar-refractivity contribution >= 4 is 17.6 Å². The fraction of sp³-hybridized carbons (Fsp3) is 0.333. The van der Waals surface area contributed by atoms with E-state index in [1.165, 1.54) is 4.90 Å². The number of hydrogen-bond donors (Lipinski definition) is 3. The molecule has 0 atom stereocenters. The number of carbonyl (C=O) groups is 2. The quantitative estimate of drug-likeness (QED) is 0.529. The summed E-state index contributed by atoms with van der Waals surface area (Å²) in [7, 11) is 3.31. The van der Waals surface area contributed by atoms with Crippen LogP contribution in [0.3, 0.4) is 0 Å². The first-order chi connectivity index (χ1) is 8.50. The summed E-state index contributed by atoms with van der Waals surface area (Å²) in [6.07, 6.45) is 0. The Kier molecular flexibility index (Phi) is 4.98. The molecule has 0 spiro atoms. The molecular weight excluding hydrogens is 232 g/mol. The lowest BCUT2D eigenvalue weighted by Gasteiger charge is -2.12. The highest BCUT2D eigenvalue weighted by molar-refractivity contribution is 5.94. The van der Waals surface area contributed by atoms with Gasteiger partial charge in [-0.1, -0.05) is 6.07 Å². The third kappa shape index (κ3) is 4.32. The molecule has 0 radical (unpaired) electrons. The largest absolute Gasteiger partial charge is 0.399 e. The average Bonchev–Trinajstić information content (AvgIpc) is 2.33. The fourth-order valence-corrected chi connectivity index (χ4v) is 1.29. The maximum Gasteiger partial charge on any atom is 0.316 e. The Morgan fingerprint density at radius 2 is 1.89 bits per heavy atom. The molecule has 1 aromatic rings. The van der Waals surface area contributed by atoms with Gasteiger partial charge in [-0.25, -0.2) is 4.79 Å². The lowest BCUT2D eigenvalue weighted by molar-refractivity contribution is 0.0953. The van der Waals surface area contributed by atoms with Crippen LogP contribution in [0.1, 0.15) is 10.4 Å². The minimum Gasteiger partial charge on any atom is -0.399 e. The van der Waals surface area contributed by atoms with Gasteiger partial charge in [0, 0.05) is 38.4 Å². The van der Waals surface area contributed by atoms with Crippen molar-refractivity contribution in [3.05, 3.63) is 29.8 Å². The molecular formula is C12H18N4O2. The second-order valence-electron chi connectivity index (χ2n) is 4.01. The Labute approximate surface area is 106 Å². The van der Waals surface area contributed by atoms with Crippen LogP contribution in [0, 0.1) is 0 Å². The third-order valence-corrected chi connectivity index (χ3v) is 2.24. The van der Waals surface area contributed by atoms with E-state index in [-0.39, 0.29) is 11.9 Å². The SMILES string of the molecule is CN(C)C(=O)NCCNC(=O)c1cccc(N)c1. The molecule has 6 nitrogen and oxygen atoms in total. The van der Waals surface area contributed by atoms with E-state index in [0.29, 0.717) is 24.3 Å². The van der Waals surface area contributed by atoms with Crippen LogP contribution in [0.2, 0.25) is 0 Å². The minimum atomic E-state index is -0.207. The normalized spacial score (nSPS) is 9.67. The van der Waals surface area contributed by atoms with Gasteiger partial charge in [0.1, 0.15) is 0 Å². The number of carbonyl (C=O) groups excluding carboxylic acids is 2. The van der Waals surface area contributed by atoms with E-state index < -0.39 is 0 Å². The standard InChI is InChI=1S/C12H18N4O2/c1-16(2)12(18)15-7-6-14-11(17)9-4-3-5-10(13)8-9/h3-5,8H,6-7,13H2,1-2H3,(H,14,17)(H,15,18). The van der Waals surface area contributed by atoms with Crippen LogP contribution in [0.15, 0.2) is 24.3 Å². The van der Waals surface area contributed by atoms with Gasteiger partial charge in [0.25, 0.3) is 5.91 Å². The van der Waals surface area contributed by atoms with Gasteiger partial charge in [-0.3, -0.25) is 4.79 Å². The summed E-state index contributed by atoms with van der Waals surface area (Å²) in [4.78, 5) is 24.3. The van der Waals surface area contributed by atoms with E-state index in [1.54, 1.807) is 38.4 Å². The molecule has 0 unspecified atom stereocenters. The van der Waals surface area contributed by atoms with Gasteiger partial charge in [0.05, 0.1) is 0 Å². The molecule has 1 aromatic carbocycles. The number of hydrogen-bond acceptors (Lipinski definition) is 3. The fourth-order valence-electron chi connectivity index (χ4n) is 1.29. The second-order valence-corrected chi connectivity index (χ2v) is 4.01. The van der Waals surface area contributed by atoms with Gasteiger partial charge in [-0.2, -0.15) is 0 Å². The van der Waals surface area contributed by atoms with Gasteiger partial charge >= 0.3 is 6.03 Å². The summed E-state index contributed by atoms with van der Waals surface area (Å²) in [6, 6.07) is 6.54. The summed E-state index contributed by atoms with van der Waals surface area (Å²) in [6.45, 7) is 0.748. The molecule has 0 saturated carbocycles. The number of nitrogens with one attached hydrogen (secondary N) is 2. The second kappa shape index (κ2) is 6.48. The highest BCUT2D eigenvalue weighted by atomic mass is 16.2. The number of nitrogen functional groups attached to an aromatic ring is 1. The molecule has 0 saturated heterocycles. The Morgan fingerprint density at radius 1 is 1.22 bits per heavy atom. The molecule has 0 heterocycles. The van der Waals surface area contributed by atoms with Crippen LogP contribution in [0.4, 0.5) is 10.5 Å². The monoisotopic (exact) mass is 250 g/mol. The van der Waals surface area contributed by atoms with Crippen molar-refractivity contribution in [2.24, 2.45) is 0 Å². The number of nitrogens with two attached hydrogens (primary N) is 1. The van der Waals surface area contributed by atoms with E-state index in [4.69, 9.17) is 5.73 Å². The molecule has 0 aromatic heterocycles. The van der Waals surface area contributed by atoms with Crippen LogP contribution in [-0.2, 0) is 0 Å². The zero-order valence-electron chi connectivity index (χ0n) is 10.6. The molecule has 0 aliphatic rings. The number of nitrogens with zero attached hydrogens (tertiary/aromatic N) is 1. The van der Waals surface area contributed by atoms with Crippen molar-refractivity contribution in [3.63, 3.8) is 0 Å². The highest BCUT2D eigenvalue weighted by Gasteiger charge is 2.05. The Bertz CT molecular complexity index is 432. The van der Waals surface area contributed by atoms with Gasteiger partial charge in [-0.15, -0.1) is 0 Å². The highest BCUT2D eigenvalue weighted by Crippen LogP contribution is 2.05. The lowest BCUT2D eigenvalue weighted by Crippen LogP contribution is -2.39. The van der Waals surface area contributed by atoms with Crippen molar-refractivity contribution in [2.75, 3.05) is 32.9 Å². The van der Waals surface area contributed by atoms with E-state index in [2.05, 4.69) is 10.6 Å². The van der Waals surface area contributed by atoms with Crippen molar-refractivity contribution < 1.29 is 9.59 Å². The molecule has 0 aliphatic heterocycles. The van der Waals surface area contributed by atoms with Gasteiger partial charge in [0.15, 0.2) is 0 Å². The number of urea groups is 1. The van der Waals surface area contributed by atoms with Crippen LogP contribution >= 0.6 is 0 Å². The van der Waals surface area contributed by atoms with Gasteiger partial charge in [0.2, 0.25) is 0 Å². The molecule has 4 N–H and O–H groups in total. The van der Waals surface area contributed by atoms with Crippen molar-refractivity contribution in [2.45, 2.75) is 0 Å². The third-order valence-electron chi connectivity index (χ3n) is 2.24. The minimum absolute atomic E-state index is 0.187. The Balaban J connectivity index is 2.32. The van der Waals surface area contributed by atoms with Crippen LogP contribution < -0.4 is 16.4 Å². The van der Waals surface area contributed by atoms with Gasteiger partial charge < -0.3 is 21.3 Å². The number of benzene rings is 1. The van der Waals surface area contributed by atoms with Crippen LogP contribution in [0.25, 0.3) is 0 Å². The van der Waals surface area contributed by atoms with Gasteiger partial charge in [-0.05, 0) is 18.2 Å². The molecule has 18 heavy (non-hydrogen) atoms. The zero-order valence-corrected chi connectivity index (χ0v) is 10.6. The van der Waals surface area contributed by atoms with E-state index >= 15 is 0 Å². The summed E-state index contributed by atoms with van der Waals surface area (Å²) < 4.78 is 0. The summed E-state index contributed by atoms with van der Waals surface area (Å²) in [5.41, 5.74) is 6.63. The predicted octanol–water partition coefficient (Wildman–Crippen LogP) is 0.270. The first-order valence-electron chi connectivity index (χ1n) is 5.59. The van der Waals surface area contributed by atoms with E-state index in [9.17, 15) is 9.59 Å². The molecule has 98 valence electrons. The van der Waals surface area contributed by atoms with E-state index in [0.717, 1.165) is 0 Å². The van der Waals surface area contributed by atoms with Crippen molar-refractivity contribution in [1.82, 2.24) is 15.5 Å². The maximum absolute atomic E-state index is 11.7. The van der Waals surface area contributed by atoms with Crippen molar-refractivity contribution in [3.8, 4) is 0 Å². The topological polar surface area (TPSA) is 87.5 Å². The number of rotatable bonds is 4. The molecule has 0 bridgehead atoms. The number of amides is 3. The Hall–Kier alpha value is -2.24. The maximum atomic E-state index is 11.7. The first-order valence-corrected chi connectivity index (χ1v) is 5.59. The first kappa shape index (κ1) is 13.8. The molecule has 1 rings (SSSR count). The summed E-state index contributed by atoms with van der Waals surface area (Å²) in [5.74, 6) is -0.207. The molecule has 0 fully saturated rings. The molecule has 6 heteroatoms. The Morgan fingerprint density at radius 3 is 2.50 bits per heavy atom. The summed E-state index contributed by atoms with van der Waals surface area (Å²) >= 11 is 0. The average molecular weight is 250 g/mol. The van der Waals surface area contributed by atoms with Crippen LogP contribution in [-0.4, -0.2) is 44.0 Å². The molecule has 3 amide bonds. The smallest absolute Gasteiger partial charge is 0.316 e. The van der Waals surface area contributed by atoms with Crippen molar-refractivity contribution in [1.29, 1.82) is 0 Å².